The zero-order chi connectivity index (χ0) is 14.1. The summed E-state index contributed by atoms with van der Waals surface area (Å²) in [6.45, 7) is 0. The number of benzene rings is 2. The summed E-state index contributed by atoms with van der Waals surface area (Å²) in [5, 5.41) is 9.67. The van der Waals surface area contributed by atoms with Gasteiger partial charge in [-0.2, -0.15) is 0 Å². The highest BCUT2D eigenvalue weighted by Crippen LogP contribution is 2.34. The number of hydrogen-bond donors (Lipinski definition) is 1. The molecule has 1 atom stereocenters. The Hall–Kier alpha value is -2.62. The molecule has 1 N–H and O–H groups in total. The molecule has 3 rings (SSSR count). The lowest BCUT2D eigenvalue weighted by atomic mass is 9.98. The number of Topliss-reactive ketones (excluding diaryl/α,β-unsaturated/α-hetero) is 1. The number of phenolic OH excluding ortho intramolecular Hbond substituents is 1. The van der Waals surface area contributed by atoms with E-state index in [9.17, 15) is 14.7 Å². The molecule has 1 heterocycles. The number of esters is 1. The average molecular weight is 268 g/mol. The Morgan fingerprint density at radius 2 is 1.80 bits per heavy atom. The summed E-state index contributed by atoms with van der Waals surface area (Å²) in [5.41, 5.74) is 1.47. The van der Waals surface area contributed by atoms with Gasteiger partial charge in [0.1, 0.15) is 11.9 Å². The molecule has 0 radical (unpaired) electrons. The van der Waals surface area contributed by atoms with Crippen molar-refractivity contribution >= 4 is 11.8 Å². The van der Waals surface area contributed by atoms with Crippen LogP contribution in [-0.4, -0.2) is 16.9 Å². The minimum atomic E-state index is -0.578. The Balaban J connectivity index is 1.85. The highest BCUT2D eigenvalue weighted by atomic mass is 16.5. The molecule has 1 aliphatic heterocycles. The first-order valence-electron chi connectivity index (χ1n) is 6.28. The first kappa shape index (κ1) is 12.4. The van der Waals surface area contributed by atoms with E-state index >= 15 is 0 Å². The fourth-order valence-corrected chi connectivity index (χ4v) is 2.36. The quantitative estimate of drug-likeness (QED) is 0.686. The molecule has 2 aromatic carbocycles. The second kappa shape index (κ2) is 4.81. The van der Waals surface area contributed by atoms with Crippen LogP contribution in [0.3, 0.4) is 0 Å². The number of hydrogen-bond acceptors (Lipinski definition) is 4. The van der Waals surface area contributed by atoms with Gasteiger partial charge in [-0.3, -0.25) is 4.79 Å². The summed E-state index contributed by atoms with van der Waals surface area (Å²) in [6, 6.07) is 13.4. The van der Waals surface area contributed by atoms with E-state index in [-0.39, 0.29) is 23.5 Å². The van der Waals surface area contributed by atoms with Gasteiger partial charge in [0, 0.05) is 5.56 Å². The second-order valence-corrected chi connectivity index (χ2v) is 4.63. The average Bonchev–Trinajstić information content (AvgIpc) is 2.76. The molecule has 100 valence electrons. The van der Waals surface area contributed by atoms with Gasteiger partial charge in [0.25, 0.3) is 0 Å². The third-order valence-corrected chi connectivity index (χ3v) is 3.35. The molecule has 0 aromatic heterocycles. The maximum Gasteiger partial charge on any atom is 0.339 e. The number of fused-ring (bicyclic) bond motifs is 1. The van der Waals surface area contributed by atoms with E-state index in [1.165, 1.54) is 6.07 Å². The topological polar surface area (TPSA) is 63.6 Å². The van der Waals surface area contributed by atoms with E-state index in [1.807, 2.05) is 0 Å². The van der Waals surface area contributed by atoms with Crippen LogP contribution in [-0.2, 0) is 4.74 Å². The summed E-state index contributed by atoms with van der Waals surface area (Å²) in [4.78, 5) is 23.9. The highest BCUT2D eigenvalue weighted by Gasteiger charge is 2.32. The van der Waals surface area contributed by atoms with E-state index in [0.29, 0.717) is 5.56 Å². The van der Waals surface area contributed by atoms with Gasteiger partial charge >= 0.3 is 5.97 Å². The van der Waals surface area contributed by atoms with Crippen molar-refractivity contribution in [1.29, 1.82) is 0 Å². The van der Waals surface area contributed by atoms with Gasteiger partial charge in [-0.05, 0) is 18.2 Å². The van der Waals surface area contributed by atoms with Crippen molar-refractivity contribution in [2.24, 2.45) is 0 Å². The predicted molar refractivity (Wildman–Crippen MR) is 71.7 cm³/mol. The molecule has 0 amide bonds. The Morgan fingerprint density at radius 1 is 1.10 bits per heavy atom. The number of carbonyl (C=O) groups excluding carboxylic acids is 2. The summed E-state index contributed by atoms with van der Waals surface area (Å²) in [5.74, 6) is -0.719. The maximum atomic E-state index is 12.2. The van der Waals surface area contributed by atoms with E-state index in [0.717, 1.165) is 5.56 Å². The first-order chi connectivity index (χ1) is 9.66. The van der Waals surface area contributed by atoms with Crippen LogP contribution in [0.2, 0.25) is 0 Å². The Kier molecular flexibility index (Phi) is 2.99. The second-order valence-electron chi connectivity index (χ2n) is 4.63. The van der Waals surface area contributed by atoms with Crippen molar-refractivity contribution in [3.05, 3.63) is 65.2 Å². The zero-order valence-corrected chi connectivity index (χ0v) is 10.6. The molecular weight excluding hydrogens is 256 g/mol. The summed E-state index contributed by atoms with van der Waals surface area (Å²) in [6.07, 6.45) is -0.550. The van der Waals surface area contributed by atoms with Crippen molar-refractivity contribution in [1.82, 2.24) is 0 Å². The maximum absolute atomic E-state index is 12.2. The molecule has 4 nitrogen and oxygen atoms in total. The van der Waals surface area contributed by atoms with Crippen LogP contribution in [0, 0.1) is 0 Å². The van der Waals surface area contributed by atoms with E-state index in [1.54, 1.807) is 42.5 Å². The monoisotopic (exact) mass is 268 g/mol. The molecule has 0 saturated heterocycles. The van der Waals surface area contributed by atoms with Gasteiger partial charge in [-0.25, -0.2) is 4.79 Å². The molecule has 0 saturated carbocycles. The minimum absolute atomic E-state index is 0.0281. The Labute approximate surface area is 115 Å². The molecular formula is C16H12O4. The van der Waals surface area contributed by atoms with Gasteiger partial charge in [0.2, 0.25) is 0 Å². The molecule has 1 aliphatic rings. The first-order valence-corrected chi connectivity index (χ1v) is 6.28. The molecule has 4 heteroatoms. The van der Waals surface area contributed by atoms with Gasteiger partial charge in [-0.1, -0.05) is 30.3 Å². The molecule has 0 spiro atoms. The number of phenols is 1. The Morgan fingerprint density at radius 3 is 2.60 bits per heavy atom. The van der Waals surface area contributed by atoms with Crippen LogP contribution >= 0.6 is 0 Å². The van der Waals surface area contributed by atoms with Crippen LogP contribution in [0.25, 0.3) is 0 Å². The molecule has 0 aliphatic carbocycles. The highest BCUT2D eigenvalue weighted by molar-refractivity contribution is 6.00. The van der Waals surface area contributed by atoms with Gasteiger partial charge < -0.3 is 9.84 Å². The summed E-state index contributed by atoms with van der Waals surface area (Å²) in [7, 11) is 0. The van der Waals surface area contributed by atoms with E-state index in [2.05, 4.69) is 0 Å². The third-order valence-electron chi connectivity index (χ3n) is 3.35. The van der Waals surface area contributed by atoms with Gasteiger partial charge in [0.15, 0.2) is 5.78 Å². The van der Waals surface area contributed by atoms with Crippen molar-refractivity contribution in [2.45, 2.75) is 12.5 Å². The summed E-state index contributed by atoms with van der Waals surface area (Å²) >= 11 is 0. The lowest BCUT2D eigenvalue weighted by Gasteiger charge is -2.10. The number of ketones is 1. The van der Waals surface area contributed by atoms with Crippen molar-refractivity contribution in [3.63, 3.8) is 0 Å². The fraction of sp³-hybridized carbons (Fsp3) is 0.125. The van der Waals surface area contributed by atoms with Crippen LogP contribution in [0.1, 0.15) is 38.8 Å². The standard InChI is InChI=1S/C16H12O4/c17-13-8-4-3-7-12(13)14(18)9-15-10-5-1-2-6-11(10)16(19)20-15/h1-8,15,17H,9H2/t15-/m1/s1. The number of ether oxygens (including phenoxy) is 1. The SMILES string of the molecule is O=C(C[C@H]1OC(=O)c2ccccc21)c1ccccc1O. The number of carbonyl (C=O) groups is 2. The van der Waals surface area contributed by atoms with Crippen molar-refractivity contribution in [2.75, 3.05) is 0 Å². The van der Waals surface area contributed by atoms with E-state index < -0.39 is 12.1 Å². The largest absolute Gasteiger partial charge is 0.507 e. The molecule has 0 bridgehead atoms. The minimum Gasteiger partial charge on any atom is -0.507 e. The van der Waals surface area contributed by atoms with E-state index in [4.69, 9.17) is 4.74 Å². The van der Waals surface area contributed by atoms with Crippen molar-refractivity contribution in [3.8, 4) is 5.75 Å². The smallest absolute Gasteiger partial charge is 0.339 e. The molecule has 0 unspecified atom stereocenters. The number of para-hydroxylation sites is 1. The fourth-order valence-electron chi connectivity index (χ4n) is 2.36. The Bertz CT molecular complexity index is 690. The lowest BCUT2D eigenvalue weighted by Crippen LogP contribution is -2.07. The lowest BCUT2D eigenvalue weighted by molar-refractivity contribution is 0.0367. The molecule has 2 aromatic rings. The zero-order valence-electron chi connectivity index (χ0n) is 10.6. The number of aromatic hydroxyl groups is 1. The molecule has 0 fully saturated rings. The number of rotatable bonds is 3. The summed E-state index contributed by atoms with van der Waals surface area (Å²) < 4.78 is 5.22. The predicted octanol–water partition coefficient (Wildman–Crippen LogP) is 2.88. The van der Waals surface area contributed by atoms with Crippen molar-refractivity contribution < 1.29 is 19.4 Å². The van der Waals surface area contributed by atoms with Gasteiger partial charge in [-0.15, -0.1) is 0 Å². The third kappa shape index (κ3) is 2.05. The van der Waals surface area contributed by atoms with Gasteiger partial charge in [0.05, 0.1) is 17.5 Å². The van der Waals surface area contributed by atoms with Crippen LogP contribution in [0.4, 0.5) is 0 Å². The van der Waals surface area contributed by atoms with Crippen LogP contribution in [0.15, 0.2) is 48.5 Å². The molecule has 20 heavy (non-hydrogen) atoms. The normalized spacial score (nSPS) is 16.6. The van der Waals surface area contributed by atoms with Crippen LogP contribution in [0.5, 0.6) is 5.75 Å². The van der Waals surface area contributed by atoms with Crippen LogP contribution < -0.4 is 0 Å². The number of cyclic esters (lactones) is 1.